The van der Waals surface area contributed by atoms with Gasteiger partial charge in [-0.2, -0.15) is 0 Å². The molecule has 0 aliphatic carbocycles. The van der Waals surface area contributed by atoms with E-state index in [9.17, 15) is 4.79 Å². The Kier molecular flexibility index (Phi) is 3.11. The van der Waals surface area contributed by atoms with Gasteiger partial charge in [-0.1, -0.05) is 36.4 Å². The van der Waals surface area contributed by atoms with Crippen LogP contribution in [0.5, 0.6) is 0 Å². The van der Waals surface area contributed by atoms with Gasteiger partial charge in [-0.15, -0.1) is 0 Å². The lowest BCUT2D eigenvalue weighted by Gasteiger charge is -2.21. The summed E-state index contributed by atoms with van der Waals surface area (Å²) >= 11 is 0. The molecule has 0 fully saturated rings. The van der Waals surface area contributed by atoms with Crippen molar-refractivity contribution in [3.8, 4) is 0 Å². The first kappa shape index (κ1) is 11.6. The summed E-state index contributed by atoms with van der Waals surface area (Å²) in [6.45, 7) is 1.70. The summed E-state index contributed by atoms with van der Waals surface area (Å²) in [7, 11) is 1.76. The first-order valence-corrected chi connectivity index (χ1v) is 5.62. The van der Waals surface area contributed by atoms with Crippen molar-refractivity contribution in [2.75, 3.05) is 11.9 Å². The van der Waals surface area contributed by atoms with Crippen molar-refractivity contribution in [2.45, 2.75) is 13.0 Å². The molecule has 88 valence electrons. The van der Waals surface area contributed by atoms with Crippen molar-refractivity contribution in [3.05, 3.63) is 42.5 Å². The number of anilines is 1. The number of amides is 1. The van der Waals surface area contributed by atoms with Crippen LogP contribution in [0.4, 0.5) is 5.69 Å². The molecule has 0 spiro atoms. The van der Waals surface area contributed by atoms with Crippen LogP contribution in [0.1, 0.15) is 6.92 Å². The molecule has 0 saturated heterocycles. The molecule has 2 rings (SSSR count). The van der Waals surface area contributed by atoms with Crippen molar-refractivity contribution in [2.24, 2.45) is 5.73 Å². The zero-order valence-corrected chi connectivity index (χ0v) is 10.1. The lowest BCUT2D eigenvalue weighted by atomic mass is 10.1. The summed E-state index contributed by atoms with van der Waals surface area (Å²) in [5.41, 5.74) is 6.52. The number of nitrogens with zero attached hydrogens (tertiary/aromatic N) is 1. The second-order valence-corrected chi connectivity index (χ2v) is 4.18. The first-order chi connectivity index (χ1) is 8.11. The van der Waals surface area contributed by atoms with Gasteiger partial charge in [-0.25, -0.2) is 0 Å². The minimum absolute atomic E-state index is 0.0821. The molecule has 0 aliphatic heterocycles. The maximum Gasteiger partial charge on any atom is 0.243 e. The van der Waals surface area contributed by atoms with Gasteiger partial charge in [0.15, 0.2) is 0 Å². The SMILES string of the molecule is CC(N)C(=O)N(C)c1cccc2ccccc12. The van der Waals surface area contributed by atoms with Gasteiger partial charge in [-0.05, 0) is 18.4 Å². The van der Waals surface area contributed by atoms with E-state index < -0.39 is 6.04 Å². The molecule has 1 atom stereocenters. The normalized spacial score (nSPS) is 12.4. The molecular formula is C14H16N2O. The molecule has 17 heavy (non-hydrogen) atoms. The van der Waals surface area contributed by atoms with Gasteiger partial charge in [0.2, 0.25) is 5.91 Å². The van der Waals surface area contributed by atoms with Crippen LogP contribution in [0.3, 0.4) is 0 Å². The van der Waals surface area contributed by atoms with E-state index in [1.54, 1.807) is 18.9 Å². The number of carbonyl (C=O) groups is 1. The number of likely N-dealkylation sites (N-methyl/N-ethyl adjacent to an activating group) is 1. The third-order valence-electron chi connectivity index (χ3n) is 2.85. The first-order valence-electron chi connectivity index (χ1n) is 5.62. The van der Waals surface area contributed by atoms with Crippen LogP contribution in [-0.4, -0.2) is 19.0 Å². The number of hydrogen-bond acceptors (Lipinski definition) is 2. The van der Waals surface area contributed by atoms with Crippen LogP contribution in [0, 0.1) is 0 Å². The topological polar surface area (TPSA) is 46.3 Å². The van der Waals surface area contributed by atoms with E-state index in [4.69, 9.17) is 5.73 Å². The highest BCUT2D eigenvalue weighted by Crippen LogP contribution is 2.25. The minimum atomic E-state index is -0.487. The number of nitrogens with two attached hydrogens (primary N) is 1. The Bertz CT molecular complexity index is 543. The van der Waals surface area contributed by atoms with E-state index >= 15 is 0 Å². The van der Waals surface area contributed by atoms with Gasteiger partial charge in [0.25, 0.3) is 0 Å². The summed E-state index contributed by atoms with van der Waals surface area (Å²) in [4.78, 5) is 13.5. The molecule has 0 heterocycles. The number of fused-ring (bicyclic) bond motifs is 1. The summed E-state index contributed by atoms with van der Waals surface area (Å²) < 4.78 is 0. The van der Waals surface area contributed by atoms with Crippen LogP contribution in [-0.2, 0) is 4.79 Å². The van der Waals surface area contributed by atoms with Crippen molar-refractivity contribution in [1.29, 1.82) is 0 Å². The monoisotopic (exact) mass is 228 g/mol. The van der Waals surface area contributed by atoms with Crippen LogP contribution in [0.25, 0.3) is 10.8 Å². The van der Waals surface area contributed by atoms with Crippen LogP contribution in [0.15, 0.2) is 42.5 Å². The van der Waals surface area contributed by atoms with E-state index in [0.717, 1.165) is 16.5 Å². The second kappa shape index (κ2) is 4.55. The highest BCUT2D eigenvalue weighted by Gasteiger charge is 2.16. The molecule has 0 bridgehead atoms. The fraction of sp³-hybridized carbons (Fsp3) is 0.214. The summed E-state index contributed by atoms with van der Waals surface area (Å²) in [6.07, 6.45) is 0. The molecule has 2 aromatic carbocycles. The number of benzene rings is 2. The van der Waals surface area contributed by atoms with Gasteiger partial charge in [0.05, 0.1) is 11.7 Å². The lowest BCUT2D eigenvalue weighted by Crippen LogP contribution is -2.39. The Morgan fingerprint density at radius 3 is 2.53 bits per heavy atom. The molecule has 2 N–H and O–H groups in total. The van der Waals surface area contributed by atoms with E-state index in [2.05, 4.69) is 0 Å². The molecule has 0 aromatic heterocycles. The van der Waals surface area contributed by atoms with Crippen molar-refractivity contribution in [3.63, 3.8) is 0 Å². The average Bonchev–Trinajstić information content (AvgIpc) is 2.36. The Balaban J connectivity index is 2.52. The Hall–Kier alpha value is -1.87. The summed E-state index contributed by atoms with van der Waals surface area (Å²) in [5, 5.41) is 2.18. The molecular weight excluding hydrogens is 212 g/mol. The van der Waals surface area contributed by atoms with Crippen molar-refractivity contribution in [1.82, 2.24) is 0 Å². The molecule has 0 radical (unpaired) electrons. The molecule has 1 amide bonds. The van der Waals surface area contributed by atoms with Crippen molar-refractivity contribution >= 4 is 22.4 Å². The largest absolute Gasteiger partial charge is 0.320 e. The molecule has 1 unspecified atom stereocenters. The Morgan fingerprint density at radius 2 is 1.82 bits per heavy atom. The standard InChI is InChI=1S/C14H16N2O/c1-10(15)14(17)16(2)13-9-5-7-11-6-3-4-8-12(11)13/h3-10H,15H2,1-2H3. The molecule has 0 aliphatic rings. The fourth-order valence-corrected chi connectivity index (χ4v) is 1.92. The lowest BCUT2D eigenvalue weighted by molar-refractivity contribution is -0.119. The average molecular weight is 228 g/mol. The van der Waals surface area contributed by atoms with Gasteiger partial charge < -0.3 is 10.6 Å². The number of hydrogen-bond donors (Lipinski definition) is 1. The third kappa shape index (κ3) is 2.15. The molecule has 3 nitrogen and oxygen atoms in total. The maximum atomic E-state index is 11.9. The third-order valence-corrected chi connectivity index (χ3v) is 2.85. The fourth-order valence-electron chi connectivity index (χ4n) is 1.92. The summed E-state index contributed by atoms with van der Waals surface area (Å²) in [6, 6.07) is 13.4. The zero-order valence-electron chi connectivity index (χ0n) is 10.1. The highest BCUT2D eigenvalue weighted by atomic mass is 16.2. The van der Waals surface area contributed by atoms with Gasteiger partial charge >= 0.3 is 0 Å². The predicted molar refractivity (Wildman–Crippen MR) is 71.0 cm³/mol. The smallest absolute Gasteiger partial charge is 0.243 e. The predicted octanol–water partition coefficient (Wildman–Crippen LogP) is 2.15. The zero-order chi connectivity index (χ0) is 12.4. The second-order valence-electron chi connectivity index (χ2n) is 4.18. The van der Waals surface area contributed by atoms with Crippen molar-refractivity contribution < 1.29 is 4.79 Å². The van der Waals surface area contributed by atoms with Crippen LogP contribution >= 0.6 is 0 Å². The number of rotatable bonds is 2. The van der Waals surface area contributed by atoms with Gasteiger partial charge in [0.1, 0.15) is 0 Å². The Morgan fingerprint density at radius 1 is 1.18 bits per heavy atom. The van der Waals surface area contributed by atoms with Crippen LogP contribution < -0.4 is 10.6 Å². The Labute approximate surface area is 101 Å². The maximum absolute atomic E-state index is 11.9. The number of carbonyl (C=O) groups excluding carboxylic acids is 1. The van der Waals surface area contributed by atoms with E-state index in [1.807, 2.05) is 42.5 Å². The highest BCUT2D eigenvalue weighted by molar-refractivity contribution is 6.04. The summed E-state index contributed by atoms with van der Waals surface area (Å²) in [5.74, 6) is -0.0821. The molecule has 2 aromatic rings. The quantitative estimate of drug-likeness (QED) is 0.856. The van der Waals surface area contributed by atoms with Gasteiger partial charge in [0, 0.05) is 12.4 Å². The van der Waals surface area contributed by atoms with E-state index in [-0.39, 0.29) is 5.91 Å². The van der Waals surface area contributed by atoms with Gasteiger partial charge in [-0.3, -0.25) is 4.79 Å². The molecule has 0 saturated carbocycles. The van der Waals surface area contributed by atoms with Crippen LogP contribution in [0.2, 0.25) is 0 Å². The molecule has 3 heteroatoms. The minimum Gasteiger partial charge on any atom is -0.320 e. The van der Waals surface area contributed by atoms with E-state index in [0.29, 0.717) is 0 Å². The van der Waals surface area contributed by atoms with E-state index in [1.165, 1.54) is 0 Å².